The van der Waals surface area contributed by atoms with Gasteiger partial charge in [-0.25, -0.2) is 14.4 Å². The molecule has 0 saturated carbocycles. The van der Waals surface area contributed by atoms with Crippen molar-refractivity contribution in [1.82, 2.24) is 9.78 Å². The van der Waals surface area contributed by atoms with Crippen LogP contribution in [0.2, 0.25) is 0 Å². The van der Waals surface area contributed by atoms with Gasteiger partial charge in [0.05, 0.1) is 5.69 Å². The summed E-state index contributed by atoms with van der Waals surface area (Å²) in [6.07, 6.45) is -3.36. The minimum absolute atomic E-state index is 0.196. The number of amides is 2. The largest absolute Gasteiger partial charge is 0.463 e. The molecule has 9 nitrogen and oxygen atoms in total. The number of carbonyl (C=O) groups is 3. The maximum Gasteiger partial charge on any atom is 0.432 e. The molecule has 1 aromatic rings. The van der Waals surface area contributed by atoms with Gasteiger partial charge in [-0.15, -0.1) is 5.10 Å². The quantitative estimate of drug-likeness (QED) is 0.833. The van der Waals surface area contributed by atoms with Crippen LogP contribution in [0.1, 0.15) is 47.2 Å². The third-order valence-electron chi connectivity index (χ3n) is 2.44. The van der Waals surface area contributed by atoms with E-state index in [-0.39, 0.29) is 11.5 Å². The van der Waals surface area contributed by atoms with Crippen LogP contribution in [-0.2, 0) is 9.47 Å². The molecule has 0 unspecified atom stereocenters. The molecular formula is C15H23N3O6. The van der Waals surface area contributed by atoms with Crippen LogP contribution >= 0.6 is 0 Å². The molecular weight excluding hydrogens is 318 g/mol. The van der Waals surface area contributed by atoms with Crippen LogP contribution in [0.3, 0.4) is 0 Å². The van der Waals surface area contributed by atoms with Gasteiger partial charge in [-0.05, 0) is 48.5 Å². The lowest BCUT2D eigenvalue weighted by atomic mass is 10.2. The molecule has 0 aliphatic carbocycles. The van der Waals surface area contributed by atoms with Crippen molar-refractivity contribution in [2.24, 2.45) is 0 Å². The maximum atomic E-state index is 12.4. The van der Waals surface area contributed by atoms with Crippen LogP contribution in [0, 0.1) is 6.92 Å². The summed E-state index contributed by atoms with van der Waals surface area (Å²) in [4.78, 5) is 36.4. The Morgan fingerprint density at radius 2 is 1.46 bits per heavy atom. The van der Waals surface area contributed by atoms with Crippen LogP contribution in [0.4, 0.5) is 20.2 Å². The normalized spacial score (nSPS) is 11.8. The average molecular weight is 341 g/mol. The summed E-state index contributed by atoms with van der Waals surface area (Å²) >= 11 is 0. The first-order valence-electron chi connectivity index (χ1n) is 7.27. The second kappa shape index (κ2) is 6.50. The summed E-state index contributed by atoms with van der Waals surface area (Å²) in [7, 11) is 0. The Balaban J connectivity index is 3.27. The zero-order valence-electron chi connectivity index (χ0n) is 14.9. The number of aromatic nitrogens is 2. The number of carbonyl (C=O) groups excluding carboxylic acids is 2. The molecule has 0 radical (unpaired) electrons. The Morgan fingerprint density at radius 3 is 1.75 bits per heavy atom. The highest BCUT2D eigenvalue weighted by atomic mass is 16.6. The Bertz CT molecular complexity index is 623. The number of imide groups is 1. The molecule has 1 heterocycles. The van der Waals surface area contributed by atoms with E-state index in [4.69, 9.17) is 14.6 Å². The number of anilines is 1. The molecule has 9 heteroatoms. The molecule has 0 fully saturated rings. The van der Waals surface area contributed by atoms with Crippen molar-refractivity contribution < 1.29 is 29.0 Å². The van der Waals surface area contributed by atoms with Crippen molar-refractivity contribution in [1.29, 1.82) is 0 Å². The minimum Gasteiger partial charge on any atom is -0.463 e. The summed E-state index contributed by atoms with van der Waals surface area (Å²) in [6, 6.07) is 1.28. The van der Waals surface area contributed by atoms with Crippen LogP contribution < -0.4 is 4.90 Å². The van der Waals surface area contributed by atoms with E-state index in [0.717, 1.165) is 0 Å². The molecule has 1 aromatic heterocycles. The minimum atomic E-state index is -1.34. The van der Waals surface area contributed by atoms with Crippen molar-refractivity contribution in [2.45, 2.75) is 59.7 Å². The zero-order valence-corrected chi connectivity index (χ0v) is 14.9. The van der Waals surface area contributed by atoms with Gasteiger partial charge in [0.2, 0.25) is 0 Å². The Morgan fingerprint density at radius 1 is 1.04 bits per heavy atom. The number of ether oxygens (including phenoxy) is 2. The van der Waals surface area contributed by atoms with Gasteiger partial charge in [-0.1, -0.05) is 0 Å². The fourth-order valence-electron chi connectivity index (χ4n) is 1.64. The summed E-state index contributed by atoms with van der Waals surface area (Å²) < 4.78 is 11.0. The number of rotatable bonds is 1. The van der Waals surface area contributed by atoms with E-state index >= 15 is 0 Å². The van der Waals surface area contributed by atoms with Crippen LogP contribution in [0.15, 0.2) is 6.07 Å². The van der Waals surface area contributed by atoms with Gasteiger partial charge in [0.1, 0.15) is 11.2 Å². The molecule has 0 spiro atoms. The van der Waals surface area contributed by atoms with Crippen molar-refractivity contribution in [3.05, 3.63) is 11.8 Å². The Hall–Kier alpha value is -2.58. The van der Waals surface area contributed by atoms with Crippen LogP contribution in [-0.4, -0.2) is 44.4 Å². The third-order valence-corrected chi connectivity index (χ3v) is 2.44. The SMILES string of the molecule is Cc1cc(N(C(=O)OC(C)(C)C)C(=O)OC(C)(C)C)nn1C(=O)O. The second-order valence-corrected chi connectivity index (χ2v) is 7.13. The molecule has 134 valence electrons. The molecule has 24 heavy (non-hydrogen) atoms. The predicted molar refractivity (Wildman–Crippen MR) is 85.3 cm³/mol. The van der Waals surface area contributed by atoms with E-state index in [9.17, 15) is 14.4 Å². The smallest absolute Gasteiger partial charge is 0.432 e. The molecule has 0 atom stereocenters. The van der Waals surface area contributed by atoms with Crippen molar-refractivity contribution in [3.63, 3.8) is 0 Å². The number of hydrogen-bond donors (Lipinski definition) is 1. The molecule has 1 rings (SSSR count). The summed E-state index contributed by atoms with van der Waals surface area (Å²) in [5.74, 6) is -0.196. The van der Waals surface area contributed by atoms with Gasteiger partial charge in [-0.3, -0.25) is 0 Å². The van der Waals surface area contributed by atoms with E-state index in [1.165, 1.54) is 13.0 Å². The fourth-order valence-corrected chi connectivity index (χ4v) is 1.64. The van der Waals surface area contributed by atoms with Crippen molar-refractivity contribution in [3.8, 4) is 0 Å². The standard InChI is InChI=1S/C15H23N3O6/c1-9-8-10(16-18(9)11(19)20)17(12(21)23-14(2,3)4)13(22)24-15(5,6)7/h8H,1-7H3,(H,19,20). The molecule has 1 N–H and O–H groups in total. The predicted octanol–water partition coefficient (Wildman–Crippen LogP) is 3.39. The van der Waals surface area contributed by atoms with Gasteiger partial charge in [0, 0.05) is 6.07 Å². The molecule has 0 bridgehead atoms. The Labute approximate surface area is 140 Å². The van der Waals surface area contributed by atoms with Crippen LogP contribution in [0.25, 0.3) is 0 Å². The highest BCUT2D eigenvalue weighted by Crippen LogP contribution is 2.21. The van der Waals surface area contributed by atoms with Gasteiger partial charge < -0.3 is 14.6 Å². The van der Waals surface area contributed by atoms with E-state index in [1.54, 1.807) is 41.5 Å². The van der Waals surface area contributed by atoms with Crippen molar-refractivity contribution in [2.75, 3.05) is 4.90 Å². The highest BCUT2D eigenvalue weighted by molar-refractivity contribution is 6.08. The number of hydrogen-bond acceptors (Lipinski definition) is 6. The van der Waals surface area contributed by atoms with E-state index in [0.29, 0.717) is 9.58 Å². The maximum absolute atomic E-state index is 12.4. The molecule has 0 aromatic carbocycles. The van der Waals surface area contributed by atoms with Crippen LogP contribution in [0.5, 0.6) is 0 Å². The summed E-state index contributed by atoms with van der Waals surface area (Å²) in [6.45, 7) is 11.3. The highest BCUT2D eigenvalue weighted by Gasteiger charge is 2.34. The average Bonchev–Trinajstić information content (AvgIpc) is 2.66. The van der Waals surface area contributed by atoms with Gasteiger partial charge in [0.25, 0.3) is 0 Å². The first kappa shape index (κ1) is 19.5. The lowest BCUT2D eigenvalue weighted by molar-refractivity contribution is 0.0428. The van der Waals surface area contributed by atoms with Gasteiger partial charge >= 0.3 is 18.3 Å². The summed E-state index contributed by atoms with van der Waals surface area (Å²) in [5.41, 5.74) is -1.49. The lowest BCUT2D eigenvalue weighted by Gasteiger charge is -2.27. The lowest BCUT2D eigenvalue weighted by Crippen LogP contribution is -2.44. The topological polar surface area (TPSA) is 111 Å². The van der Waals surface area contributed by atoms with E-state index in [2.05, 4.69) is 5.10 Å². The summed E-state index contributed by atoms with van der Waals surface area (Å²) in [5, 5.41) is 12.8. The molecule has 0 aliphatic rings. The number of nitrogens with zero attached hydrogens (tertiary/aromatic N) is 3. The number of carboxylic acid groups (broad SMARTS) is 1. The zero-order chi connectivity index (χ0) is 18.9. The monoisotopic (exact) mass is 341 g/mol. The van der Waals surface area contributed by atoms with Gasteiger partial charge in [-0.2, -0.15) is 9.58 Å². The fraction of sp³-hybridized carbons (Fsp3) is 0.600. The molecule has 0 aliphatic heterocycles. The van der Waals surface area contributed by atoms with Gasteiger partial charge in [0.15, 0.2) is 5.82 Å². The van der Waals surface area contributed by atoms with E-state index < -0.39 is 29.5 Å². The number of aryl methyl sites for hydroxylation is 1. The Kier molecular flexibility index (Phi) is 5.27. The second-order valence-electron chi connectivity index (χ2n) is 7.13. The molecule has 0 saturated heterocycles. The molecule has 2 amide bonds. The van der Waals surface area contributed by atoms with Crippen molar-refractivity contribution >= 4 is 24.1 Å². The van der Waals surface area contributed by atoms with E-state index in [1.807, 2.05) is 0 Å². The first-order valence-corrected chi connectivity index (χ1v) is 7.27. The first-order chi connectivity index (χ1) is 10.7. The third kappa shape index (κ3) is 5.25.